The quantitative estimate of drug-likeness (QED) is 0.714. The average molecular weight is 376 g/mol. The topological polar surface area (TPSA) is 72.7 Å². The number of benzene rings is 1. The summed E-state index contributed by atoms with van der Waals surface area (Å²) in [6.07, 6.45) is 0. The maximum atomic E-state index is 12.4. The molecule has 0 aliphatic carbocycles. The number of amides is 1. The van der Waals surface area contributed by atoms with Crippen LogP contribution >= 0.6 is 22.9 Å². The summed E-state index contributed by atoms with van der Waals surface area (Å²) in [7, 11) is 0. The third-order valence-corrected chi connectivity index (χ3v) is 4.88. The smallest absolute Gasteiger partial charge is 0.244 e. The minimum absolute atomic E-state index is 0.0215. The standard InChI is InChI=1S/C17H18ClN5OS/c1-11(2)16(14-4-3-9-25-14)19-15(24)10-23-21-17(20-22-23)12-5-7-13(18)8-6-12/h3-9,11,16H,10H2,1-2H3,(H,19,24)/t16-/m0/s1. The van der Waals surface area contributed by atoms with E-state index in [2.05, 4.69) is 34.6 Å². The van der Waals surface area contributed by atoms with Gasteiger partial charge < -0.3 is 5.32 Å². The Bertz CT molecular complexity index is 829. The molecule has 3 rings (SSSR count). The molecule has 2 aromatic heterocycles. The highest BCUT2D eigenvalue weighted by molar-refractivity contribution is 7.10. The van der Waals surface area contributed by atoms with Crippen LogP contribution in [0.15, 0.2) is 41.8 Å². The van der Waals surface area contributed by atoms with E-state index in [0.717, 1.165) is 10.4 Å². The summed E-state index contributed by atoms with van der Waals surface area (Å²) >= 11 is 7.51. The first-order valence-corrected chi connectivity index (χ1v) is 9.15. The average Bonchev–Trinajstić information content (AvgIpc) is 3.25. The molecule has 3 aromatic rings. The molecule has 0 saturated heterocycles. The summed E-state index contributed by atoms with van der Waals surface area (Å²) in [5.41, 5.74) is 0.801. The summed E-state index contributed by atoms with van der Waals surface area (Å²) in [5, 5.41) is 17.9. The molecule has 130 valence electrons. The van der Waals surface area contributed by atoms with Crippen molar-refractivity contribution >= 4 is 28.8 Å². The molecule has 0 spiro atoms. The molecule has 6 nitrogen and oxygen atoms in total. The van der Waals surface area contributed by atoms with Gasteiger partial charge in [-0.25, -0.2) is 0 Å². The molecule has 0 unspecified atom stereocenters. The van der Waals surface area contributed by atoms with Gasteiger partial charge in [-0.05, 0) is 46.8 Å². The lowest BCUT2D eigenvalue weighted by molar-refractivity contribution is -0.123. The van der Waals surface area contributed by atoms with E-state index in [0.29, 0.717) is 10.8 Å². The highest BCUT2D eigenvalue weighted by atomic mass is 35.5. The molecule has 25 heavy (non-hydrogen) atoms. The molecule has 8 heteroatoms. The van der Waals surface area contributed by atoms with Crippen molar-refractivity contribution in [3.63, 3.8) is 0 Å². The number of carbonyl (C=O) groups excluding carboxylic acids is 1. The van der Waals surface area contributed by atoms with Crippen molar-refractivity contribution in [2.45, 2.75) is 26.4 Å². The lowest BCUT2D eigenvalue weighted by atomic mass is 10.0. The van der Waals surface area contributed by atoms with Crippen LogP contribution in [0, 0.1) is 5.92 Å². The summed E-state index contributed by atoms with van der Waals surface area (Å²) in [5.74, 6) is 0.603. The Balaban J connectivity index is 1.66. The van der Waals surface area contributed by atoms with Gasteiger partial charge in [0, 0.05) is 15.5 Å². The van der Waals surface area contributed by atoms with E-state index in [-0.39, 0.29) is 24.4 Å². The number of hydrogen-bond acceptors (Lipinski definition) is 5. The molecule has 0 aliphatic rings. The number of thiophene rings is 1. The van der Waals surface area contributed by atoms with Crippen molar-refractivity contribution in [3.8, 4) is 11.4 Å². The number of rotatable bonds is 6. The zero-order valence-corrected chi connectivity index (χ0v) is 15.5. The van der Waals surface area contributed by atoms with Gasteiger partial charge >= 0.3 is 0 Å². The van der Waals surface area contributed by atoms with Gasteiger partial charge in [0.15, 0.2) is 0 Å². The van der Waals surface area contributed by atoms with E-state index < -0.39 is 0 Å². The Morgan fingerprint density at radius 1 is 1.28 bits per heavy atom. The molecule has 0 bridgehead atoms. The van der Waals surface area contributed by atoms with E-state index in [1.807, 2.05) is 29.6 Å². The maximum absolute atomic E-state index is 12.4. The van der Waals surface area contributed by atoms with E-state index in [4.69, 9.17) is 11.6 Å². The molecule has 0 saturated carbocycles. The molecule has 0 aliphatic heterocycles. The van der Waals surface area contributed by atoms with E-state index in [9.17, 15) is 4.79 Å². The van der Waals surface area contributed by atoms with Crippen molar-refractivity contribution in [1.82, 2.24) is 25.5 Å². The van der Waals surface area contributed by atoms with Gasteiger partial charge in [0.1, 0.15) is 6.54 Å². The fourth-order valence-corrected chi connectivity index (χ4v) is 3.48. The third-order valence-electron chi connectivity index (χ3n) is 3.67. The number of carbonyl (C=O) groups is 1. The van der Waals surface area contributed by atoms with E-state index >= 15 is 0 Å². The number of halogens is 1. The van der Waals surface area contributed by atoms with Crippen molar-refractivity contribution in [1.29, 1.82) is 0 Å². The Hall–Kier alpha value is -2.25. The molecule has 2 heterocycles. The Kier molecular flexibility index (Phi) is 5.45. The second-order valence-corrected chi connectivity index (χ2v) is 7.37. The number of nitrogens with zero attached hydrogens (tertiary/aromatic N) is 4. The summed E-state index contributed by atoms with van der Waals surface area (Å²) in [4.78, 5) is 14.8. The van der Waals surface area contributed by atoms with Crippen molar-refractivity contribution < 1.29 is 4.79 Å². The number of aromatic nitrogens is 4. The molecule has 1 atom stereocenters. The first-order valence-electron chi connectivity index (χ1n) is 7.89. The van der Waals surface area contributed by atoms with Crippen molar-refractivity contribution in [3.05, 3.63) is 51.7 Å². The van der Waals surface area contributed by atoms with Crippen molar-refractivity contribution in [2.75, 3.05) is 0 Å². The minimum atomic E-state index is -0.146. The van der Waals surface area contributed by atoms with Crippen LogP contribution < -0.4 is 5.32 Å². The summed E-state index contributed by atoms with van der Waals surface area (Å²) in [6.45, 7) is 4.18. The normalized spacial score (nSPS) is 12.3. The summed E-state index contributed by atoms with van der Waals surface area (Å²) < 4.78 is 0. The minimum Gasteiger partial charge on any atom is -0.347 e. The Morgan fingerprint density at radius 2 is 2.04 bits per heavy atom. The van der Waals surface area contributed by atoms with Gasteiger partial charge in [-0.15, -0.1) is 21.5 Å². The van der Waals surface area contributed by atoms with Crippen LogP contribution in [0.25, 0.3) is 11.4 Å². The predicted octanol–water partition coefficient (Wildman–Crippen LogP) is 3.57. The predicted molar refractivity (Wildman–Crippen MR) is 98.3 cm³/mol. The maximum Gasteiger partial charge on any atom is 0.244 e. The van der Waals surface area contributed by atoms with Crippen LogP contribution in [0.1, 0.15) is 24.8 Å². The van der Waals surface area contributed by atoms with Crippen LogP contribution in [-0.2, 0) is 11.3 Å². The molecule has 0 radical (unpaired) electrons. The van der Waals surface area contributed by atoms with Crippen LogP contribution in [0.3, 0.4) is 0 Å². The van der Waals surface area contributed by atoms with E-state index in [1.54, 1.807) is 23.5 Å². The first kappa shape index (κ1) is 17.6. The van der Waals surface area contributed by atoms with Crippen LogP contribution in [0.4, 0.5) is 0 Å². The second-order valence-electron chi connectivity index (χ2n) is 5.95. The molecule has 1 N–H and O–H groups in total. The highest BCUT2D eigenvalue weighted by Crippen LogP contribution is 2.25. The Labute approximate surface area is 154 Å². The molecule has 0 fully saturated rings. The summed E-state index contributed by atoms with van der Waals surface area (Å²) in [6, 6.07) is 11.1. The van der Waals surface area contributed by atoms with Gasteiger partial charge in [-0.3, -0.25) is 4.79 Å². The highest BCUT2D eigenvalue weighted by Gasteiger charge is 2.20. The zero-order chi connectivity index (χ0) is 17.8. The van der Waals surface area contributed by atoms with Crippen molar-refractivity contribution in [2.24, 2.45) is 5.92 Å². The molecular weight excluding hydrogens is 358 g/mol. The van der Waals surface area contributed by atoms with Gasteiger partial charge in [-0.2, -0.15) is 4.80 Å². The molecular formula is C17H18ClN5OS. The number of tetrazole rings is 1. The van der Waals surface area contributed by atoms with Gasteiger partial charge in [0.2, 0.25) is 11.7 Å². The van der Waals surface area contributed by atoms with E-state index in [1.165, 1.54) is 4.80 Å². The van der Waals surface area contributed by atoms with Gasteiger partial charge in [0.25, 0.3) is 0 Å². The largest absolute Gasteiger partial charge is 0.347 e. The second kappa shape index (κ2) is 7.76. The Morgan fingerprint density at radius 3 is 2.68 bits per heavy atom. The first-order chi connectivity index (χ1) is 12.0. The fraction of sp³-hybridized carbons (Fsp3) is 0.294. The van der Waals surface area contributed by atoms with Gasteiger partial charge in [0.05, 0.1) is 6.04 Å². The number of hydrogen-bond donors (Lipinski definition) is 1. The van der Waals surface area contributed by atoms with Crippen LogP contribution in [0.5, 0.6) is 0 Å². The zero-order valence-electron chi connectivity index (χ0n) is 13.9. The lowest BCUT2D eigenvalue weighted by Gasteiger charge is -2.21. The van der Waals surface area contributed by atoms with Crippen LogP contribution in [-0.4, -0.2) is 26.1 Å². The molecule has 1 aromatic carbocycles. The SMILES string of the molecule is CC(C)[C@H](NC(=O)Cn1nnc(-c2ccc(Cl)cc2)n1)c1cccs1. The van der Waals surface area contributed by atoms with Gasteiger partial charge in [-0.1, -0.05) is 31.5 Å². The monoisotopic (exact) mass is 375 g/mol. The van der Waals surface area contributed by atoms with Crippen LogP contribution in [0.2, 0.25) is 5.02 Å². The molecule has 1 amide bonds. The number of nitrogens with one attached hydrogen (secondary N) is 1. The third kappa shape index (κ3) is 4.43. The fourth-order valence-electron chi connectivity index (χ4n) is 2.41. The lowest BCUT2D eigenvalue weighted by Crippen LogP contribution is -2.34.